The maximum atomic E-state index is 6.19. The predicted octanol–water partition coefficient (Wildman–Crippen LogP) is 1.04. The van der Waals surface area contributed by atoms with Crippen LogP contribution in [0.1, 0.15) is 6.92 Å². The summed E-state index contributed by atoms with van der Waals surface area (Å²) in [6.45, 7) is 8.09. The molecule has 2 fully saturated rings. The van der Waals surface area contributed by atoms with Crippen LogP contribution in [0.15, 0.2) is 0 Å². The van der Waals surface area contributed by atoms with Gasteiger partial charge in [0.15, 0.2) is 9.04 Å². The first-order chi connectivity index (χ1) is 6.81. The fraction of sp³-hybridized carbons (Fsp3) is 1.00. The highest BCUT2D eigenvalue weighted by molar-refractivity contribution is 6.50. The van der Waals surface area contributed by atoms with E-state index in [-0.39, 0.29) is 0 Å². The maximum absolute atomic E-state index is 6.19. The van der Waals surface area contributed by atoms with Crippen molar-refractivity contribution in [2.45, 2.75) is 25.6 Å². The molecule has 4 heteroatoms. The summed E-state index contributed by atoms with van der Waals surface area (Å²) in [5.41, 5.74) is 0. The van der Waals surface area contributed by atoms with Crippen LogP contribution < -0.4 is 0 Å². The Morgan fingerprint density at radius 1 is 1.21 bits per heavy atom. The lowest BCUT2D eigenvalue weighted by atomic mass is 9.88. The normalized spacial score (nSPS) is 25.9. The Hall–Kier alpha value is 0.0969. The van der Waals surface area contributed by atoms with Gasteiger partial charge in [-0.15, -0.1) is 0 Å². The molecule has 2 heterocycles. The smallest absolute Gasteiger partial charge is 0.174 e. The second-order valence-electron chi connectivity index (χ2n) is 4.41. The van der Waals surface area contributed by atoms with E-state index in [0.29, 0.717) is 17.9 Å². The van der Waals surface area contributed by atoms with Crippen molar-refractivity contribution >= 4 is 9.04 Å². The number of hydrogen-bond donors (Lipinski definition) is 0. The van der Waals surface area contributed by atoms with Crippen molar-refractivity contribution in [3.05, 3.63) is 0 Å². The van der Waals surface area contributed by atoms with Crippen molar-refractivity contribution in [3.63, 3.8) is 0 Å². The van der Waals surface area contributed by atoms with Gasteiger partial charge in [0, 0.05) is 11.8 Å². The Bertz CT molecular complexity index is 166. The minimum Gasteiger partial charge on any atom is -0.417 e. The van der Waals surface area contributed by atoms with Gasteiger partial charge in [0.25, 0.3) is 0 Å². The SMILES string of the molecule is CC[SiH](C)OC(C1COC1)C1COC1. The van der Waals surface area contributed by atoms with Crippen LogP contribution in [0.5, 0.6) is 0 Å². The molecule has 0 saturated carbocycles. The third kappa shape index (κ3) is 2.19. The molecule has 0 spiro atoms. The Kier molecular flexibility index (Phi) is 3.60. The minimum absolute atomic E-state index is 0.430. The molecule has 2 saturated heterocycles. The van der Waals surface area contributed by atoms with Crippen molar-refractivity contribution in [2.75, 3.05) is 26.4 Å². The summed E-state index contributed by atoms with van der Waals surface area (Å²) >= 11 is 0. The van der Waals surface area contributed by atoms with Gasteiger partial charge in [-0.25, -0.2) is 0 Å². The molecular formula is C10H20O3Si. The third-order valence-corrected chi connectivity index (χ3v) is 5.15. The van der Waals surface area contributed by atoms with Crippen molar-refractivity contribution in [2.24, 2.45) is 11.8 Å². The molecule has 82 valence electrons. The van der Waals surface area contributed by atoms with Crippen molar-refractivity contribution in [1.82, 2.24) is 0 Å². The topological polar surface area (TPSA) is 27.7 Å². The fourth-order valence-electron chi connectivity index (χ4n) is 1.86. The first kappa shape index (κ1) is 10.6. The van der Waals surface area contributed by atoms with Crippen LogP contribution in [0, 0.1) is 11.8 Å². The van der Waals surface area contributed by atoms with E-state index >= 15 is 0 Å². The van der Waals surface area contributed by atoms with Crippen LogP contribution >= 0.6 is 0 Å². The Morgan fingerprint density at radius 3 is 2.00 bits per heavy atom. The molecule has 3 nitrogen and oxygen atoms in total. The fourth-order valence-corrected chi connectivity index (χ4v) is 3.03. The average Bonchev–Trinajstić information content (AvgIpc) is 1.97. The second-order valence-corrected chi connectivity index (χ2v) is 7.12. The molecule has 0 bridgehead atoms. The molecule has 0 aromatic rings. The third-order valence-electron chi connectivity index (χ3n) is 3.22. The van der Waals surface area contributed by atoms with E-state index in [9.17, 15) is 0 Å². The summed E-state index contributed by atoms with van der Waals surface area (Å²) in [4.78, 5) is 0. The molecule has 14 heavy (non-hydrogen) atoms. The van der Waals surface area contributed by atoms with E-state index in [0.717, 1.165) is 26.4 Å². The Labute approximate surface area is 87.5 Å². The monoisotopic (exact) mass is 216 g/mol. The van der Waals surface area contributed by atoms with Crippen molar-refractivity contribution in [3.8, 4) is 0 Å². The van der Waals surface area contributed by atoms with Crippen LogP contribution in [0.4, 0.5) is 0 Å². The molecule has 2 aliphatic heterocycles. The van der Waals surface area contributed by atoms with Gasteiger partial charge >= 0.3 is 0 Å². The van der Waals surface area contributed by atoms with Gasteiger partial charge in [-0.05, 0) is 12.6 Å². The molecule has 2 aliphatic rings. The lowest BCUT2D eigenvalue weighted by Crippen LogP contribution is -2.51. The lowest BCUT2D eigenvalue weighted by Gasteiger charge is -2.42. The average molecular weight is 216 g/mol. The summed E-state index contributed by atoms with van der Waals surface area (Å²) in [5.74, 6) is 1.29. The van der Waals surface area contributed by atoms with Crippen LogP contribution in [0.2, 0.25) is 12.6 Å². The van der Waals surface area contributed by atoms with E-state index < -0.39 is 9.04 Å². The van der Waals surface area contributed by atoms with Gasteiger partial charge in [0.05, 0.1) is 32.5 Å². The standard InChI is InChI=1S/C10H20O3Si/c1-3-14(2)13-10(8-4-11-5-8)9-6-12-7-9/h8-10,14H,3-7H2,1-2H3. The number of rotatable bonds is 5. The van der Waals surface area contributed by atoms with Crippen LogP contribution in [0.25, 0.3) is 0 Å². The molecular weight excluding hydrogens is 196 g/mol. The predicted molar refractivity (Wildman–Crippen MR) is 57.0 cm³/mol. The number of ether oxygens (including phenoxy) is 2. The second kappa shape index (κ2) is 4.75. The first-order valence-electron chi connectivity index (χ1n) is 5.62. The van der Waals surface area contributed by atoms with Gasteiger partial charge in [-0.1, -0.05) is 6.92 Å². The van der Waals surface area contributed by atoms with Crippen LogP contribution in [0.3, 0.4) is 0 Å². The quantitative estimate of drug-likeness (QED) is 0.643. The molecule has 0 aliphatic carbocycles. The molecule has 0 aromatic heterocycles. The largest absolute Gasteiger partial charge is 0.417 e. The van der Waals surface area contributed by atoms with E-state index in [4.69, 9.17) is 13.9 Å². The van der Waals surface area contributed by atoms with E-state index in [2.05, 4.69) is 13.5 Å². The first-order valence-corrected chi connectivity index (χ1v) is 8.06. The Balaban J connectivity index is 1.84. The van der Waals surface area contributed by atoms with E-state index in [1.165, 1.54) is 6.04 Å². The zero-order valence-corrected chi connectivity index (χ0v) is 10.2. The molecule has 0 radical (unpaired) electrons. The zero-order valence-electron chi connectivity index (χ0n) is 9.07. The highest BCUT2D eigenvalue weighted by Gasteiger charge is 2.39. The highest BCUT2D eigenvalue weighted by atomic mass is 28.3. The van der Waals surface area contributed by atoms with Gasteiger partial charge in [-0.2, -0.15) is 0 Å². The van der Waals surface area contributed by atoms with Crippen molar-refractivity contribution in [1.29, 1.82) is 0 Å². The molecule has 1 atom stereocenters. The summed E-state index contributed by atoms with van der Waals surface area (Å²) in [6.07, 6.45) is 0.430. The molecule has 0 N–H and O–H groups in total. The number of hydrogen-bond acceptors (Lipinski definition) is 3. The lowest BCUT2D eigenvalue weighted by molar-refractivity contribution is -0.152. The van der Waals surface area contributed by atoms with Crippen LogP contribution in [-0.4, -0.2) is 41.6 Å². The molecule has 2 rings (SSSR count). The maximum Gasteiger partial charge on any atom is 0.174 e. The Morgan fingerprint density at radius 2 is 1.71 bits per heavy atom. The zero-order chi connectivity index (χ0) is 9.97. The van der Waals surface area contributed by atoms with Gasteiger partial charge in [0.1, 0.15) is 0 Å². The molecule has 1 unspecified atom stereocenters. The molecule has 0 aromatic carbocycles. The van der Waals surface area contributed by atoms with Crippen molar-refractivity contribution < 1.29 is 13.9 Å². The van der Waals surface area contributed by atoms with Gasteiger partial charge < -0.3 is 13.9 Å². The summed E-state index contributed by atoms with van der Waals surface area (Å²) < 4.78 is 16.7. The molecule has 0 amide bonds. The van der Waals surface area contributed by atoms with Crippen LogP contribution in [-0.2, 0) is 13.9 Å². The summed E-state index contributed by atoms with van der Waals surface area (Å²) in [5, 5.41) is 0. The van der Waals surface area contributed by atoms with Gasteiger partial charge in [-0.3, -0.25) is 0 Å². The highest BCUT2D eigenvalue weighted by Crippen LogP contribution is 2.29. The van der Waals surface area contributed by atoms with E-state index in [1.54, 1.807) is 0 Å². The van der Waals surface area contributed by atoms with Gasteiger partial charge in [0.2, 0.25) is 0 Å². The summed E-state index contributed by atoms with van der Waals surface area (Å²) in [6, 6.07) is 1.22. The van der Waals surface area contributed by atoms with E-state index in [1.807, 2.05) is 0 Å². The summed E-state index contributed by atoms with van der Waals surface area (Å²) in [7, 11) is -0.923. The minimum atomic E-state index is -0.923.